The molecule has 0 radical (unpaired) electrons. The third kappa shape index (κ3) is 6.47. The molecule has 11 nitrogen and oxygen atoms in total. The first-order valence-electron chi connectivity index (χ1n) is 7.36. The van der Waals surface area contributed by atoms with E-state index in [0.29, 0.717) is 12.3 Å². The number of nitro benzene ring substituents is 2. The second kappa shape index (κ2) is 9.61. The highest BCUT2D eigenvalue weighted by Gasteiger charge is 2.21. The van der Waals surface area contributed by atoms with E-state index in [0.717, 1.165) is 18.2 Å². The van der Waals surface area contributed by atoms with Crippen LogP contribution in [0.3, 0.4) is 0 Å². The maximum atomic E-state index is 11.9. The third-order valence-corrected chi connectivity index (χ3v) is 3.06. The highest BCUT2D eigenvalue weighted by Crippen LogP contribution is 2.24. The molecule has 1 rings (SSSR count). The maximum absolute atomic E-state index is 11.9. The van der Waals surface area contributed by atoms with Gasteiger partial charge in [0, 0.05) is 23.9 Å². The van der Waals surface area contributed by atoms with Crippen molar-refractivity contribution in [1.29, 1.82) is 0 Å². The number of non-ortho nitro benzene ring substituents is 1. The van der Waals surface area contributed by atoms with E-state index in [9.17, 15) is 29.8 Å². The van der Waals surface area contributed by atoms with Crippen molar-refractivity contribution in [3.63, 3.8) is 0 Å². The summed E-state index contributed by atoms with van der Waals surface area (Å²) >= 11 is 0. The molecule has 0 spiro atoms. The van der Waals surface area contributed by atoms with E-state index < -0.39 is 33.5 Å². The molecule has 0 aliphatic rings. The fourth-order valence-electron chi connectivity index (χ4n) is 1.88. The van der Waals surface area contributed by atoms with Gasteiger partial charge in [-0.3, -0.25) is 29.8 Å². The molecule has 0 heterocycles. The van der Waals surface area contributed by atoms with E-state index in [1.54, 1.807) is 0 Å². The Labute approximate surface area is 148 Å². The van der Waals surface area contributed by atoms with Crippen LogP contribution in [-0.4, -0.2) is 33.9 Å². The lowest BCUT2D eigenvalue weighted by atomic mass is 10.1. The molecule has 0 bridgehead atoms. The first-order chi connectivity index (χ1) is 12.2. The molecule has 0 atom stereocenters. The van der Waals surface area contributed by atoms with Crippen molar-refractivity contribution < 1.29 is 19.4 Å². The third-order valence-electron chi connectivity index (χ3n) is 3.06. The minimum atomic E-state index is -0.798. The van der Waals surface area contributed by atoms with Crippen molar-refractivity contribution in [3.05, 3.63) is 56.6 Å². The van der Waals surface area contributed by atoms with Crippen molar-refractivity contribution in [1.82, 2.24) is 10.7 Å². The highest BCUT2D eigenvalue weighted by atomic mass is 16.6. The predicted molar refractivity (Wildman–Crippen MR) is 92.5 cm³/mol. The number of nitrogens with one attached hydrogen (secondary N) is 2. The Morgan fingerprint density at radius 3 is 2.50 bits per heavy atom. The molecule has 0 aromatic heterocycles. The number of benzene rings is 1. The number of amides is 2. The van der Waals surface area contributed by atoms with Crippen LogP contribution in [0.25, 0.3) is 0 Å². The zero-order valence-corrected chi connectivity index (χ0v) is 13.9. The Kier molecular flexibility index (Phi) is 7.55. The zero-order chi connectivity index (χ0) is 19.7. The fraction of sp³-hybridized carbons (Fsp3) is 0.267. The Balaban J connectivity index is 2.74. The van der Waals surface area contributed by atoms with Gasteiger partial charge in [-0.2, -0.15) is 5.10 Å². The van der Waals surface area contributed by atoms with Crippen molar-refractivity contribution in [2.75, 3.05) is 6.54 Å². The summed E-state index contributed by atoms with van der Waals surface area (Å²) in [4.78, 5) is 43.5. The molecule has 0 saturated carbocycles. The first-order valence-corrected chi connectivity index (χ1v) is 7.36. The molecule has 1 aromatic rings. The molecule has 0 aliphatic heterocycles. The van der Waals surface area contributed by atoms with E-state index in [1.165, 1.54) is 13.0 Å². The summed E-state index contributed by atoms with van der Waals surface area (Å²) in [6.07, 6.45) is 1.09. The maximum Gasteiger partial charge on any atom is 0.279 e. The van der Waals surface area contributed by atoms with E-state index in [1.807, 2.05) is 0 Å². The molecule has 2 N–H and O–H groups in total. The van der Waals surface area contributed by atoms with Gasteiger partial charge in [0.15, 0.2) is 0 Å². The second-order valence-electron chi connectivity index (χ2n) is 5.16. The molecule has 0 aliphatic carbocycles. The van der Waals surface area contributed by atoms with Crippen LogP contribution in [0.5, 0.6) is 0 Å². The number of carbonyl (C=O) groups excluding carboxylic acids is 2. The molecular formula is C15H17N5O6. The zero-order valence-electron chi connectivity index (χ0n) is 13.9. The number of nitro groups is 2. The first kappa shape index (κ1) is 20.4. The topological polar surface area (TPSA) is 157 Å². The minimum absolute atomic E-state index is 0.00896. The highest BCUT2D eigenvalue weighted by molar-refractivity contribution is 6.00. The van der Waals surface area contributed by atoms with Gasteiger partial charge in [0.2, 0.25) is 11.8 Å². The normalized spacial score (nSPS) is 10.7. The van der Waals surface area contributed by atoms with Crippen LogP contribution in [0.1, 0.15) is 18.9 Å². The monoisotopic (exact) mass is 363 g/mol. The number of rotatable bonds is 9. The van der Waals surface area contributed by atoms with Gasteiger partial charge in [-0.1, -0.05) is 6.08 Å². The lowest BCUT2D eigenvalue weighted by Gasteiger charge is -2.04. The molecule has 1 aromatic carbocycles. The number of carbonyl (C=O) groups is 2. The number of hydrazone groups is 1. The molecule has 0 saturated heterocycles. The smallest absolute Gasteiger partial charge is 0.279 e. The van der Waals surface area contributed by atoms with Gasteiger partial charge in [-0.15, -0.1) is 6.58 Å². The van der Waals surface area contributed by atoms with Crippen LogP contribution >= 0.6 is 0 Å². The van der Waals surface area contributed by atoms with Crippen LogP contribution in [0.15, 0.2) is 36.0 Å². The molecule has 0 unspecified atom stereocenters. The van der Waals surface area contributed by atoms with E-state index in [2.05, 4.69) is 22.4 Å². The predicted octanol–water partition coefficient (Wildman–Crippen LogP) is 1.23. The average molecular weight is 363 g/mol. The summed E-state index contributed by atoms with van der Waals surface area (Å²) in [6.45, 7) is 5.30. The summed E-state index contributed by atoms with van der Waals surface area (Å²) in [5.41, 5.74) is 1.56. The molecule has 26 heavy (non-hydrogen) atoms. The van der Waals surface area contributed by atoms with Crippen LogP contribution < -0.4 is 10.7 Å². The van der Waals surface area contributed by atoms with E-state index in [-0.39, 0.29) is 17.9 Å². The van der Waals surface area contributed by atoms with Crippen molar-refractivity contribution >= 4 is 28.9 Å². The number of hydrogen-bond acceptors (Lipinski definition) is 7. The largest absolute Gasteiger partial charge is 0.352 e. The van der Waals surface area contributed by atoms with E-state index >= 15 is 0 Å². The summed E-state index contributed by atoms with van der Waals surface area (Å²) in [6, 6.07) is 3.02. The summed E-state index contributed by atoms with van der Waals surface area (Å²) < 4.78 is 0. The van der Waals surface area contributed by atoms with Crippen LogP contribution in [0, 0.1) is 20.2 Å². The number of hydrogen-bond donors (Lipinski definition) is 2. The van der Waals surface area contributed by atoms with Gasteiger partial charge >= 0.3 is 0 Å². The quantitative estimate of drug-likeness (QED) is 0.291. The van der Waals surface area contributed by atoms with Crippen molar-refractivity contribution in [2.45, 2.75) is 19.8 Å². The standard InChI is InChI=1S/C15H17N5O6/c1-3-6-16-14(21)7-10(2)17-18-15(22)8-11-4-5-12(19(23)24)9-13(11)20(25)26/h3-5,9H,1,6-8H2,2H3,(H,16,21)(H,18,22). The summed E-state index contributed by atoms with van der Waals surface area (Å²) in [7, 11) is 0. The van der Waals surface area contributed by atoms with Crippen molar-refractivity contribution in [2.24, 2.45) is 5.10 Å². The average Bonchev–Trinajstić information content (AvgIpc) is 2.58. The Morgan fingerprint density at radius 1 is 1.23 bits per heavy atom. The Bertz CT molecular complexity index is 774. The number of nitrogens with zero attached hydrogens (tertiary/aromatic N) is 3. The molecule has 11 heteroatoms. The summed E-state index contributed by atoms with van der Waals surface area (Å²) in [5.74, 6) is -0.959. The lowest BCUT2D eigenvalue weighted by molar-refractivity contribution is -0.394. The molecular weight excluding hydrogens is 346 g/mol. The van der Waals surface area contributed by atoms with Gasteiger partial charge < -0.3 is 5.32 Å². The van der Waals surface area contributed by atoms with Crippen molar-refractivity contribution in [3.8, 4) is 0 Å². The van der Waals surface area contributed by atoms with E-state index in [4.69, 9.17) is 0 Å². The summed E-state index contributed by atoms with van der Waals surface area (Å²) in [5, 5.41) is 28.0. The second-order valence-corrected chi connectivity index (χ2v) is 5.16. The van der Waals surface area contributed by atoms with Gasteiger partial charge in [0.1, 0.15) is 0 Å². The van der Waals surface area contributed by atoms with Gasteiger partial charge in [0.25, 0.3) is 11.4 Å². The fourth-order valence-corrected chi connectivity index (χ4v) is 1.88. The van der Waals surface area contributed by atoms with Crippen LogP contribution in [-0.2, 0) is 16.0 Å². The Hall–Kier alpha value is -3.63. The lowest BCUT2D eigenvalue weighted by Crippen LogP contribution is -2.27. The van der Waals surface area contributed by atoms with Crippen LogP contribution in [0.4, 0.5) is 11.4 Å². The molecule has 138 valence electrons. The Morgan fingerprint density at radius 2 is 1.92 bits per heavy atom. The van der Waals surface area contributed by atoms with Gasteiger partial charge in [-0.25, -0.2) is 5.43 Å². The molecule has 0 fully saturated rings. The minimum Gasteiger partial charge on any atom is -0.352 e. The van der Waals surface area contributed by atoms with Crippen LogP contribution in [0.2, 0.25) is 0 Å². The van der Waals surface area contributed by atoms with Gasteiger partial charge in [-0.05, 0) is 13.0 Å². The SMILES string of the molecule is C=CCNC(=O)CC(C)=NNC(=O)Cc1ccc([N+](=O)[O-])cc1[N+](=O)[O-]. The van der Waals surface area contributed by atoms with Gasteiger partial charge in [0.05, 0.1) is 28.8 Å². The molecule has 2 amide bonds.